The molecule has 2 rings (SSSR count). The molecular formula is C8H6BrN3O2. The smallest absolute Gasteiger partial charge is 0.343 e. The lowest BCUT2D eigenvalue weighted by Gasteiger charge is -1.96. The first-order valence-corrected chi connectivity index (χ1v) is 4.60. The lowest BCUT2D eigenvalue weighted by Crippen LogP contribution is -2.01. The van der Waals surface area contributed by atoms with Gasteiger partial charge in [0.25, 0.3) is 0 Å². The monoisotopic (exact) mass is 255 g/mol. The highest BCUT2D eigenvalue weighted by Crippen LogP contribution is 2.12. The average Bonchev–Trinajstić information content (AvgIpc) is 2.59. The van der Waals surface area contributed by atoms with Crippen LogP contribution in [-0.2, 0) is 4.74 Å². The Labute approximate surface area is 87.8 Å². The average molecular weight is 256 g/mol. The lowest BCUT2D eigenvalue weighted by atomic mass is 10.3. The fourth-order valence-corrected chi connectivity index (χ4v) is 1.39. The largest absolute Gasteiger partial charge is 0.465 e. The molecule has 0 aromatic carbocycles. The molecule has 0 unspecified atom stereocenters. The van der Waals surface area contributed by atoms with E-state index < -0.39 is 5.97 Å². The molecule has 0 fully saturated rings. The summed E-state index contributed by atoms with van der Waals surface area (Å²) in [6.45, 7) is 0. The quantitative estimate of drug-likeness (QED) is 0.569. The van der Waals surface area contributed by atoms with Gasteiger partial charge in [-0.15, -0.1) is 0 Å². The van der Waals surface area contributed by atoms with Crippen LogP contribution in [0.2, 0.25) is 0 Å². The number of halogens is 1. The Bertz CT molecular complexity index is 494. The molecule has 2 aromatic heterocycles. The van der Waals surface area contributed by atoms with Gasteiger partial charge in [-0.2, -0.15) is 5.10 Å². The molecule has 0 aliphatic heterocycles. The maximum Gasteiger partial charge on any atom is 0.343 e. The van der Waals surface area contributed by atoms with Gasteiger partial charge in [-0.05, 0) is 22.0 Å². The zero-order valence-electron chi connectivity index (χ0n) is 7.27. The zero-order chi connectivity index (χ0) is 10.1. The van der Waals surface area contributed by atoms with Crippen molar-refractivity contribution in [2.45, 2.75) is 0 Å². The predicted molar refractivity (Wildman–Crippen MR) is 52.0 cm³/mol. The first-order chi connectivity index (χ1) is 6.72. The van der Waals surface area contributed by atoms with Crippen LogP contribution in [0.25, 0.3) is 5.65 Å². The molecule has 2 heterocycles. The third-order valence-electron chi connectivity index (χ3n) is 1.74. The molecule has 5 nitrogen and oxygen atoms in total. The van der Waals surface area contributed by atoms with Crippen LogP contribution < -0.4 is 0 Å². The van der Waals surface area contributed by atoms with Gasteiger partial charge < -0.3 is 4.74 Å². The summed E-state index contributed by atoms with van der Waals surface area (Å²) in [6, 6.07) is 1.74. The number of rotatable bonds is 1. The van der Waals surface area contributed by atoms with E-state index in [1.165, 1.54) is 17.8 Å². The van der Waals surface area contributed by atoms with Gasteiger partial charge in [0.15, 0.2) is 5.65 Å². The van der Waals surface area contributed by atoms with Crippen LogP contribution in [-0.4, -0.2) is 27.7 Å². The Morgan fingerprint density at radius 3 is 3.14 bits per heavy atom. The van der Waals surface area contributed by atoms with Crippen LogP contribution in [0.1, 0.15) is 10.4 Å². The third-order valence-corrected chi connectivity index (χ3v) is 2.18. The van der Waals surface area contributed by atoms with Crippen molar-refractivity contribution in [2.24, 2.45) is 0 Å². The van der Waals surface area contributed by atoms with Gasteiger partial charge in [0, 0.05) is 6.20 Å². The molecule has 72 valence electrons. The van der Waals surface area contributed by atoms with Crippen molar-refractivity contribution >= 4 is 27.5 Å². The third kappa shape index (κ3) is 1.37. The Hall–Kier alpha value is -1.43. The molecule has 14 heavy (non-hydrogen) atoms. The van der Waals surface area contributed by atoms with E-state index in [-0.39, 0.29) is 0 Å². The number of carbonyl (C=O) groups excluding carboxylic acids is 1. The maximum atomic E-state index is 11.3. The summed E-state index contributed by atoms with van der Waals surface area (Å²) in [6.07, 6.45) is 3.14. The molecule has 0 bridgehead atoms. The summed E-state index contributed by atoms with van der Waals surface area (Å²) in [5.41, 5.74) is 0.833. The van der Waals surface area contributed by atoms with Crippen LogP contribution in [0.5, 0.6) is 0 Å². The van der Waals surface area contributed by atoms with Crippen molar-refractivity contribution in [3.63, 3.8) is 0 Å². The number of esters is 1. The van der Waals surface area contributed by atoms with E-state index in [1.54, 1.807) is 12.3 Å². The molecule has 0 amide bonds. The molecule has 0 aliphatic carbocycles. The Morgan fingerprint density at radius 2 is 2.43 bits per heavy atom. The zero-order valence-corrected chi connectivity index (χ0v) is 8.85. The summed E-state index contributed by atoms with van der Waals surface area (Å²) in [4.78, 5) is 15.4. The number of hydrogen-bond donors (Lipinski definition) is 0. The van der Waals surface area contributed by atoms with E-state index in [1.807, 2.05) is 0 Å². The van der Waals surface area contributed by atoms with Crippen molar-refractivity contribution in [1.82, 2.24) is 14.6 Å². The van der Waals surface area contributed by atoms with E-state index in [0.717, 1.165) is 0 Å². The highest BCUT2D eigenvalue weighted by Gasteiger charge is 2.13. The molecule has 0 saturated heterocycles. The van der Waals surface area contributed by atoms with Crippen LogP contribution in [0.15, 0.2) is 23.1 Å². The Kier molecular flexibility index (Phi) is 2.20. The van der Waals surface area contributed by atoms with Crippen molar-refractivity contribution in [1.29, 1.82) is 0 Å². The predicted octanol–water partition coefficient (Wildman–Crippen LogP) is 1.28. The van der Waals surface area contributed by atoms with Crippen LogP contribution in [0, 0.1) is 0 Å². The number of nitrogens with zero attached hydrogens (tertiary/aromatic N) is 3. The maximum absolute atomic E-state index is 11.3. The van der Waals surface area contributed by atoms with E-state index in [0.29, 0.717) is 15.8 Å². The van der Waals surface area contributed by atoms with Gasteiger partial charge in [-0.1, -0.05) is 0 Å². The molecule has 0 radical (unpaired) electrons. The van der Waals surface area contributed by atoms with Gasteiger partial charge in [0.1, 0.15) is 10.2 Å². The second-order valence-corrected chi connectivity index (χ2v) is 3.38. The van der Waals surface area contributed by atoms with E-state index >= 15 is 0 Å². The molecule has 0 aliphatic rings. The highest BCUT2D eigenvalue weighted by atomic mass is 79.9. The van der Waals surface area contributed by atoms with E-state index in [4.69, 9.17) is 0 Å². The molecule has 0 spiro atoms. The van der Waals surface area contributed by atoms with E-state index in [2.05, 4.69) is 30.7 Å². The summed E-state index contributed by atoms with van der Waals surface area (Å²) >= 11 is 3.22. The number of methoxy groups -OCH3 is 1. The molecule has 6 heteroatoms. The normalized spacial score (nSPS) is 10.4. The lowest BCUT2D eigenvalue weighted by molar-refractivity contribution is 0.0602. The number of aromatic nitrogens is 3. The van der Waals surface area contributed by atoms with Crippen LogP contribution in [0.4, 0.5) is 0 Å². The fourth-order valence-electron chi connectivity index (χ4n) is 1.10. The van der Waals surface area contributed by atoms with Crippen molar-refractivity contribution in [2.75, 3.05) is 7.11 Å². The van der Waals surface area contributed by atoms with Gasteiger partial charge >= 0.3 is 5.97 Å². The minimum atomic E-state index is -0.439. The summed E-state index contributed by atoms with van der Waals surface area (Å²) < 4.78 is 6.75. The van der Waals surface area contributed by atoms with Gasteiger partial charge in [0.05, 0.1) is 13.3 Å². The minimum Gasteiger partial charge on any atom is -0.465 e. The standard InChI is InChI=1S/C8H6BrN3O2/c1-14-8(13)5-4-10-12-3-2-6(9)11-7(5)12/h2-4H,1H3. The number of hydrogen-bond acceptors (Lipinski definition) is 4. The summed E-state index contributed by atoms with van der Waals surface area (Å²) in [5, 5.41) is 3.96. The Balaban J connectivity index is 2.67. The molecule has 2 aromatic rings. The van der Waals surface area contributed by atoms with E-state index in [9.17, 15) is 4.79 Å². The summed E-state index contributed by atoms with van der Waals surface area (Å²) in [5.74, 6) is -0.439. The highest BCUT2D eigenvalue weighted by molar-refractivity contribution is 9.10. The SMILES string of the molecule is COC(=O)c1cnn2ccc(Br)nc12. The number of fused-ring (bicyclic) bond motifs is 1. The Morgan fingerprint density at radius 1 is 1.64 bits per heavy atom. The number of carbonyl (C=O) groups is 1. The minimum absolute atomic E-state index is 0.355. The molecular weight excluding hydrogens is 250 g/mol. The summed E-state index contributed by atoms with van der Waals surface area (Å²) in [7, 11) is 1.32. The molecule has 0 atom stereocenters. The molecule has 0 N–H and O–H groups in total. The van der Waals surface area contributed by atoms with Gasteiger partial charge in [-0.25, -0.2) is 14.3 Å². The van der Waals surface area contributed by atoms with Crippen LogP contribution in [0.3, 0.4) is 0 Å². The molecule has 0 saturated carbocycles. The second kappa shape index (κ2) is 3.38. The van der Waals surface area contributed by atoms with Crippen molar-refractivity contribution in [3.05, 3.63) is 28.6 Å². The first-order valence-electron chi connectivity index (χ1n) is 3.80. The number of ether oxygens (including phenoxy) is 1. The van der Waals surface area contributed by atoms with Gasteiger partial charge in [-0.3, -0.25) is 0 Å². The second-order valence-electron chi connectivity index (χ2n) is 2.57. The van der Waals surface area contributed by atoms with Crippen molar-refractivity contribution < 1.29 is 9.53 Å². The van der Waals surface area contributed by atoms with Gasteiger partial charge in [0.2, 0.25) is 0 Å². The first kappa shape index (κ1) is 9.14. The fraction of sp³-hybridized carbons (Fsp3) is 0.125. The topological polar surface area (TPSA) is 56.5 Å². The van der Waals surface area contributed by atoms with Crippen LogP contribution >= 0.6 is 15.9 Å². The van der Waals surface area contributed by atoms with Crippen molar-refractivity contribution in [3.8, 4) is 0 Å².